The largest absolute Gasteiger partial charge is 0.444 e. The molecule has 1 aliphatic carbocycles. The summed E-state index contributed by atoms with van der Waals surface area (Å²) in [6.45, 7) is 5.55. The number of anilines is 1. The Kier molecular flexibility index (Phi) is 9.86. The molecule has 0 saturated heterocycles. The minimum Gasteiger partial charge on any atom is -0.444 e. The standard InChI is InChI=1S/C35H33F4N5O4/c1-34(2,3)48-33(46)41-19-23-5-4-6-26(15-23)44-29(17-30(43-44)35(37,38)39)32(45)42-28-16-25(13-14-27(28)36)31(47-20-22-7-8-22)24-11-9-21(18-40)10-12-24/h4-6,9-17,22,31H,7-8,19-20H2,1-3H3,(H,41,46)(H,42,45). The Morgan fingerprint density at radius 3 is 2.38 bits per heavy atom. The van der Waals surface area contributed by atoms with Gasteiger partial charge in [-0.1, -0.05) is 30.3 Å². The molecule has 5 rings (SSSR count). The van der Waals surface area contributed by atoms with Crippen molar-refractivity contribution < 1.29 is 36.6 Å². The van der Waals surface area contributed by atoms with Gasteiger partial charge in [-0.25, -0.2) is 13.9 Å². The molecule has 1 aliphatic rings. The van der Waals surface area contributed by atoms with Gasteiger partial charge in [-0.2, -0.15) is 23.5 Å². The highest BCUT2D eigenvalue weighted by Crippen LogP contribution is 2.35. The van der Waals surface area contributed by atoms with Crippen molar-refractivity contribution in [1.82, 2.24) is 15.1 Å². The molecule has 2 amide bonds. The number of hydrogen-bond donors (Lipinski definition) is 2. The van der Waals surface area contributed by atoms with Crippen molar-refractivity contribution in [3.8, 4) is 11.8 Å². The topological polar surface area (TPSA) is 118 Å². The Balaban J connectivity index is 1.43. The molecule has 0 radical (unpaired) electrons. The summed E-state index contributed by atoms with van der Waals surface area (Å²) in [4.78, 5) is 25.6. The van der Waals surface area contributed by atoms with E-state index in [1.54, 1.807) is 51.1 Å². The molecule has 48 heavy (non-hydrogen) atoms. The zero-order valence-corrected chi connectivity index (χ0v) is 26.4. The van der Waals surface area contributed by atoms with Gasteiger partial charge in [0.15, 0.2) is 5.69 Å². The zero-order valence-electron chi connectivity index (χ0n) is 26.4. The van der Waals surface area contributed by atoms with Crippen LogP contribution >= 0.6 is 0 Å². The van der Waals surface area contributed by atoms with E-state index in [1.165, 1.54) is 30.3 Å². The second kappa shape index (κ2) is 13.9. The van der Waals surface area contributed by atoms with Crippen LogP contribution in [-0.2, 0) is 22.2 Å². The van der Waals surface area contributed by atoms with Gasteiger partial charge < -0.3 is 20.1 Å². The smallest absolute Gasteiger partial charge is 0.435 e. The number of ether oxygens (including phenoxy) is 2. The number of nitrogens with zero attached hydrogens (tertiary/aromatic N) is 3. The Bertz CT molecular complexity index is 1840. The number of nitriles is 1. The van der Waals surface area contributed by atoms with Gasteiger partial charge in [0, 0.05) is 12.6 Å². The molecule has 1 fully saturated rings. The molecule has 0 aliphatic heterocycles. The fourth-order valence-electron chi connectivity index (χ4n) is 4.79. The maximum Gasteiger partial charge on any atom is 0.435 e. The van der Waals surface area contributed by atoms with E-state index in [2.05, 4.69) is 21.8 Å². The van der Waals surface area contributed by atoms with Crippen LogP contribution in [0.4, 0.5) is 28.0 Å². The SMILES string of the molecule is CC(C)(C)OC(=O)NCc1cccc(-n2nc(C(F)(F)F)cc2C(=O)Nc2cc(C(OCC3CC3)c3ccc(C#N)cc3)ccc2F)c1. The van der Waals surface area contributed by atoms with Crippen molar-refractivity contribution in [3.63, 3.8) is 0 Å². The van der Waals surface area contributed by atoms with Crippen LogP contribution in [0.15, 0.2) is 72.8 Å². The maximum atomic E-state index is 15.1. The Morgan fingerprint density at radius 1 is 1.02 bits per heavy atom. The van der Waals surface area contributed by atoms with Crippen molar-refractivity contribution in [2.45, 2.75) is 58.0 Å². The third-order valence-electron chi connectivity index (χ3n) is 7.30. The fraction of sp³-hybridized carbons (Fsp3) is 0.314. The highest BCUT2D eigenvalue weighted by Gasteiger charge is 2.36. The van der Waals surface area contributed by atoms with Crippen molar-refractivity contribution in [2.75, 3.05) is 11.9 Å². The summed E-state index contributed by atoms with van der Waals surface area (Å²) in [5, 5.41) is 17.8. The first-order valence-electron chi connectivity index (χ1n) is 15.2. The Morgan fingerprint density at radius 2 is 1.73 bits per heavy atom. The number of amides is 2. The summed E-state index contributed by atoms with van der Waals surface area (Å²) in [6.07, 6.45) is -4.17. The van der Waals surface area contributed by atoms with Gasteiger partial charge in [0.1, 0.15) is 23.2 Å². The predicted octanol–water partition coefficient (Wildman–Crippen LogP) is 7.69. The van der Waals surface area contributed by atoms with E-state index in [4.69, 9.17) is 9.47 Å². The third-order valence-corrected chi connectivity index (χ3v) is 7.30. The van der Waals surface area contributed by atoms with Gasteiger partial charge >= 0.3 is 12.3 Å². The number of aromatic nitrogens is 2. The van der Waals surface area contributed by atoms with E-state index in [1.807, 2.05) is 0 Å². The van der Waals surface area contributed by atoms with Crippen LogP contribution < -0.4 is 10.6 Å². The van der Waals surface area contributed by atoms with Crippen LogP contribution in [-0.4, -0.2) is 34.0 Å². The number of carbonyl (C=O) groups excluding carboxylic acids is 2. The number of benzene rings is 3. The van der Waals surface area contributed by atoms with Crippen molar-refractivity contribution in [2.24, 2.45) is 5.92 Å². The number of alkyl carbamates (subject to hydrolysis) is 1. The summed E-state index contributed by atoms with van der Waals surface area (Å²) in [7, 11) is 0. The van der Waals surface area contributed by atoms with Gasteiger partial charge in [0.25, 0.3) is 5.91 Å². The lowest BCUT2D eigenvalue weighted by molar-refractivity contribution is -0.141. The van der Waals surface area contributed by atoms with E-state index < -0.39 is 47.1 Å². The van der Waals surface area contributed by atoms with Crippen LogP contribution in [0.5, 0.6) is 0 Å². The molecule has 9 nitrogen and oxygen atoms in total. The lowest BCUT2D eigenvalue weighted by Gasteiger charge is -2.20. The average molecular weight is 664 g/mol. The number of hydrogen-bond acceptors (Lipinski definition) is 6. The molecule has 1 unspecified atom stereocenters. The van der Waals surface area contributed by atoms with Gasteiger partial charge in [-0.3, -0.25) is 4.79 Å². The Hall–Kier alpha value is -5.22. The molecule has 250 valence electrons. The Labute approximate surface area is 274 Å². The molecular formula is C35H33F4N5O4. The highest BCUT2D eigenvalue weighted by molar-refractivity contribution is 6.03. The number of halogens is 4. The van der Waals surface area contributed by atoms with E-state index in [0.29, 0.717) is 40.8 Å². The summed E-state index contributed by atoms with van der Waals surface area (Å²) in [6, 6.07) is 19.5. The molecule has 1 atom stereocenters. The van der Waals surface area contributed by atoms with Crippen molar-refractivity contribution in [1.29, 1.82) is 5.26 Å². The lowest BCUT2D eigenvalue weighted by Crippen LogP contribution is -2.32. The first-order valence-corrected chi connectivity index (χ1v) is 15.2. The molecular weight excluding hydrogens is 630 g/mol. The quantitative estimate of drug-likeness (QED) is 0.168. The van der Waals surface area contributed by atoms with Crippen LogP contribution in [0.3, 0.4) is 0 Å². The summed E-state index contributed by atoms with van der Waals surface area (Å²) in [5.74, 6) is -1.45. The van der Waals surface area contributed by atoms with E-state index >= 15 is 4.39 Å². The molecule has 1 aromatic heterocycles. The van der Waals surface area contributed by atoms with Crippen molar-refractivity contribution in [3.05, 3.63) is 112 Å². The first kappa shape index (κ1) is 34.1. The first-order chi connectivity index (χ1) is 22.7. The predicted molar refractivity (Wildman–Crippen MR) is 168 cm³/mol. The molecule has 2 N–H and O–H groups in total. The normalized spacial score (nSPS) is 13.8. The van der Waals surface area contributed by atoms with Gasteiger partial charge in [-0.05, 0) is 92.6 Å². The molecule has 1 heterocycles. The lowest BCUT2D eigenvalue weighted by atomic mass is 9.99. The molecule has 3 aromatic carbocycles. The summed E-state index contributed by atoms with van der Waals surface area (Å²) < 4.78 is 68.7. The number of carbonyl (C=O) groups is 2. The van der Waals surface area contributed by atoms with Gasteiger partial charge in [-0.15, -0.1) is 0 Å². The molecule has 0 spiro atoms. The highest BCUT2D eigenvalue weighted by atomic mass is 19.4. The van der Waals surface area contributed by atoms with E-state index in [-0.39, 0.29) is 17.9 Å². The summed E-state index contributed by atoms with van der Waals surface area (Å²) >= 11 is 0. The van der Waals surface area contributed by atoms with Gasteiger partial charge in [0.05, 0.1) is 29.6 Å². The average Bonchev–Trinajstić information content (AvgIpc) is 3.74. The zero-order chi connectivity index (χ0) is 34.6. The minimum absolute atomic E-state index is 0.0150. The molecule has 0 bridgehead atoms. The second-order valence-corrected chi connectivity index (χ2v) is 12.4. The minimum atomic E-state index is -4.88. The summed E-state index contributed by atoms with van der Waals surface area (Å²) in [5.41, 5.74) is -0.597. The molecule has 13 heteroatoms. The monoisotopic (exact) mass is 663 g/mol. The number of rotatable bonds is 10. The van der Waals surface area contributed by atoms with Crippen LogP contribution in [0, 0.1) is 23.1 Å². The van der Waals surface area contributed by atoms with Crippen molar-refractivity contribution >= 4 is 17.7 Å². The maximum absolute atomic E-state index is 15.1. The van der Waals surface area contributed by atoms with E-state index in [9.17, 15) is 28.0 Å². The van der Waals surface area contributed by atoms with Crippen LogP contribution in [0.2, 0.25) is 0 Å². The number of nitrogens with one attached hydrogen (secondary N) is 2. The molecule has 1 saturated carbocycles. The van der Waals surface area contributed by atoms with Crippen LogP contribution in [0.1, 0.15) is 78.2 Å². The van der Waals surface area contributed by atoms with E-state index in [0.717, 1.165) is 23.6 Å². The fourth-order valence-corrected chi connectivity index (χ4v) is 4.79. The third kappa shape index (κ3) is 8.77. The second-order valence-electron chi connectivity index (χ2n) is 12.4. The van der Waals surface area contributed by atoms with Gasteiger partial charge in [0.2, 0.25) is 0 Å². The van der Waals surface area contributed by atoms with Crippen LogP contribution in [0.25, 0.3) is 5.69 Å². The molecule has 4 aromatic rings. The number of alkyl halides is 3.